The van der Waals surface area contributed by atoms with E-state index in [1.807, 2.05) is 0 Å². The Hall–Kier alpha value is -2.29. The highest BCUT2D eigenvalue weighted by atomic mass is 16.5. The minimum Gasteiger partial charge on any atom is -0.489 e. The van der Waals surface area contributed by atoms with E-state index in [2.05, 4.69) is 32.0 Å². The van der Waals surface area contributed by atoms with E-state index >= 15 is 0 Å². The maximum Gasteiger partial charge on any atom is 0.335 e. The number of aryl methyl sites for hydroxylation is 3. The first-order valence-electron chi connectivity index (χ1n) is 6.50. The van der Waals surface area contributed by atoms with Crippen molar-refractivity contribution in [1.29, 1.82) is 0 Å². The third-order valence-electron chi connectivity index (χ3n) is 3.33. The third kappa shape index (κ3) is 3.18. The summed E-state index contributed by atoms with van der Waals surface area (Å²) in [7, 11) is 0. The predicted octanol–water partition coefficient (Wildman–Crippen LogP) is 3.89. The average molecular weight is 270 g/mol. The molecule has 3 nitrogen and oxygen atoms in total. The van der Waals surface area contributed by atoms with Gasteiger partial charge in [0.2, 0.25) is 0 Å². The zero-order valence-corrected chi connectivity index (χ0v) is 11.9. The lowest BCUT2D eigenvalue weighted by atomic mass is 10.1. The molecule has 0 unspecified atom stereocenters. The van der Waals surface area contributed by atoms with Gasteiger partial charge in [-0.25, -0.2) is 4.79 Å². The summed E-state index contributed by atoms with van der Waals surface area (Å²) in [6, 6.07) is 11.3. The number of hydrogen-bond donors (Lipinski definition) is 1. The Morgan fingerprint density at radius 2 is 1.80 bits per heavy atom. The first-order chi connectivity index (χ1) is 9.47. The van der Waals surface area contributed by atoms with Crippen molar-refractivity contribution < 1.29 is 14.6 Å². The molecule has 0 saturated heterocycles. The van der Waals surface area contributed by atoms with Gasteiger partial charge < -0.3 is 9.84 Å². The van der Waals surface area contributed by atoms with Crippen molar-refractivity contribution in [2.75, 3.05) is 0 Å². The zero-order chi connectivity index (χ0) is 14.7. The summed E-state index contributed by atoms with van der Waals surface area (Å²) < 4.78 is 5.75. The monoisotopic (exact) mass is 270 g/mol. The van der Waals surface area contributed by atoms with Gasteiger partial charge in [-0.3, -0.25) is 0 Å². The van der Waals surface area contributed by atoms with Crippen LogP contribution in [0.25, 0.3) is 0 Å². The van der Waals surface area contributed by atoms with E-state index in [-0.39, 0.29) is 0 Å². The van der Waals surface area contributed by atoms with Gasteiger partial charge in [-0.2, -0.15) is 0 Å². The number of carboxylic acids is 1. The maximum absolute atomic E-state index is 11.0. The normalized spacial score (nSPS) is 10.3. The molecule has 2 aromatic carbocycles. The smallest absolute Gasteiger partial charge is 0.335 e. The Kier molecular flexibility index (Phi) is 4.08. The minimum absolute atomic E-state index is 0.309. The summed E-state index contributed by atoms with van der Waals surface area (Å²) >= 11 is 0. The largest absolute Gasteiger partial charge is 0.489 e. The van der Waals surface area contributed by atoms with Crippen LogP contribution in [0.3, 0.4) is 0 Å². The van der Waals surface area contributed by atoms with Crippen molar-refractivity contribution in [2.45, 2.75) is 27.4 Å². The molecule has 3 heteroatoms. The average Bonchev–Trinajstić information content (AvgIpc) is 2.39. The van der Waals surface area contributed by atoms with Gasteiger partial charge in [0.1, 0.15) is 12.4 Å². The van der Waals surface area contributed by atoms with Gasteiger partial charge in [0.25, 0.3) is 0 Å². The van der Waals surface area contributed by atoms with Gasteiger partial charge in [0, 0.05) is 0 Å². The van der Waals surface area contributed by atoms with Crippen LogP contribution >= 0.6 is 0 Å². The first-order valence-corrected chi connectivity index (χ1v) is 6.50. The van der Waals surface area contributed by atoms with Crippen molar-refractivity contribution in [3.63, 3.8) is 0 Å². The number of hydrogen-bond acceptors (Lipinski definition) is 2. The molecule has 1 N–H and O–H groups in total. The molecule has 0 aromatic heterocycles. The summed E-state index contributed by atoms with van der Waals surface area (Å²) in [6.07, 6.45) is 0. The Bertz CT molecular complexity index is 645. The fourth-order valence-corrected chi connectivity index (χ4v) is 2.08. The van der Waals surface area contributed by atoms with Gasteiger partial charge in [-0.05, 0) is 55.7 Å². The second-order valence-corrected chi connectivity index (χ2v) is 5.00. The van der Waals surface area contributed by atoms with Crippen LogP contribution in [0.2, 0.25) is 0 Å². The standard InChI is InChI=1S/C17H18O3/c1-11-4-5-12(2)14(8-11)10-20-15-6-7-16(17(18)19)13(3)9-15/h4-9H,10H2,1-3H3,(H,18,19). The second kappa shape index (κ2) is 5.78. The molecule has 0 radical (unpaired) electrons. The third-order valence-corrected chi connectivity index (χ3v) is 3.33. The quantitative estimate of drug-likeness (QED) is 0.916. The number of rotatable bonds is 4. The van der Waals surface area contributed by atoms with Gasteiger partial charge in [-0.1, -0.05) is 23.8 Å². The van der Waals surface area contributed by atoms with Crippen molar-refractivity contribution in [3.05, 3.63) is 64.2 Å². The van der Waals surface area contributed by atoms with Crippen LogP contribution in [-0.2, 0) is 6.61 Å². The topological polar surface area (TPSA) is 46.5 Å². The van der Waals surface area contributed by atoms with Crippen LogP contribution in [0.4, 0.5) is 0 Å². The van der Waals surface area contributed by atoms with Gasteiger partial charge >= 0.3 is 5.97 Å². The van der Waals surface area contributed by atoms with Crippen LogP contribution in [0.5, 0.6) is 5.75 Å². The molecular formula is C17H18O3. The van der Waals surface area contributed by atoms with E-state index < -0.39 is 5.97 Å². The van der Waals surface area contributed by atoms with Crippen LogP contribution in [0.15, 0.2) is 36.4 Å². The SMILES string of the molecule is Cc1ccc(C)c(COc2ccc(C(=O)O)c(C)c2)c1. The number of benzene rings is 2. The summed E-state index contributed by atoms with van der Waals surface area (Å²) in [6.45, 7) is 6.36. The Labute approximate surface area is 118 Å². The van der Waals surface area contributed by atoms with Crippen LogP contribution in [0.1, 0.15) is 32.6 Å². The summed E-state index contributed by atoms with van der Waals surface area (Å²) in [4.78, 5) is 11.0. The number of carbonyl (C=O) groups is 1. The lowest BCUT2D eigenvalue weighted by molar-refractivity contribution is 0.0696. The maximum atomic E-state index is 11.0. The van der Waals surface area contributed by atoms with Crippen LogP contribution in [0, 0.1) is 20.8 Å². The van der Waals surface area contributed by atoms with E-state index in [9.17, 15) is 4.79 Å². The van der Waals surface area contributed by atoms with E-state index in [1.165, 1.54) is 11.1 Å². The Morgan fingerprint density at radius 1 is 1.05 bits per heavy atom. The summed E-state index contributed by atoms with van der Waals surface area (Å²) in [5, 5.41) is 8.99. The molecule has 2 rings (SSSR count). The highest BCUT2D eigenvalue weighted by Crippen LogP contribution is 2.20. The fourth-order valence-electron chi connectivity index (χ4n) is 2.08. The van der Waals surface area contributed by atoms with Gasteiger partial charge in [-0.15, -0.1) is 0 Å². The number of aromatic carboxylic acids is 1. The molecule has 0 fully saturated rings. The lowest BCUT2D eigenvalue weighted by Crippen LogP contribution is -2.02. The van der Waals surface area contributed by atoms with Gasteiger partial charge in [0.15, 0.2) is 0 Å². The first kappa shape index (κ1) is 14.1. The van der Waals surface area contributed by atoms with Crippen molar-refractivity contribution in [3.8, 4) is 5.75 Å². The molecule has 0 atom stereocenters. The van der Waals surface area contributed by atoms with Crippen molar-refractivity contribution in [2.24, 2.45) is 0 Å². The Morgan fingerprint density at radius 3 is 2.45 bits per heavy atom. The highest BCUT2D eigenvalue weighted by molar-refractivity contribution is 5.89. The molecular weight excluding hydrogens is 252 g/mol. The summed E-state index contributed by atoms with van der Waals surface area (Å²) in [5.74, 6) is -0.225. The molecule has 0 aliphatic rings. The molecule has 0 aliphatic carbocycles. The van der Waals surface area contributed by atoms with E-state index in [1.54, 1.807) is 25.1 Å². The molecule has 0 saturated carbocycles. The van der Waals surface area contributed by atoms with E-state index in [0.29, 0.717) is 23.5 Å². The molecule has 0 heterocycles. The minimum atomic E-state index is -0.913. The summed E-state index contributed by atoms with van der Waals surface area (Å²) in [5.41, 5.74) is 4.55. The molecule has 0 amide bonds. The van der Waals surface area contributed by atoms with Crippen LogP contribution in [-0.4, -0.2) is 11.1 Å². The molecule has 2 aromatic rings. The van der Waals surface area contributed by atoms with E-state index in [0.717, 1.165) is 5.56 Å². The number of ether oxygens (including phenoxy) is 1. The lowest BCUT2D eigenvalue weighted by Gasteiger charge is -2.11. The van der Waals surface area contributed by atoms with E-state index in [4.69, 9.17) is 9.84 Å². The van der Waals surface area contributed by atoms with Gasteiger partial charge in [0.05, 0.1) is 5.56 Å². The molecule has 0 bridgehead atoms. The molecule has 0 aliphatic heterocycles. The zero-order valence-electron chi connectivity index (χ0n) is 11.9. The Balaban J connectivity index is 2.13. The second-order valence-electron chi connectivity index (χ2n) is 5.00. The predicted molar refractivity (Wildman–Crippen MR) is 78.4 cm³/mol. The molecule has 104 valence electrons. The highest BCUT2D eigenvalue weighted by Gasteiger charge is 2.08. The molecule has 0 spiro atoms. The fraction of sp³-hybridized carbons (Fsp3) is 0.235. The van der Waals surface area contributed by atoms with Crippen LogP contribution < -0.4 is 4.74 Å². The number of carboxylic acid groups (broad SMARTS) is 1. The van der Waals surface area contributed by atoms with Crippen molar-refractivity contribution in [1.82, 2.24) is 0 Å². The van der Waals surface area contributed by atoms with Crippen molar-refractivity contribution >= 4 is 5.97 Å². The molecule has 20 heavy (non-hydrogen) atoms.